The van der Waals surface area contributed by atoms with E-state index >= 15 is 0 Å². The molecule has 0 spiro atoms. The van der Waals surface area contributed by atoms with Crippen molar-refractivity contribution >= 4 is 33.2 Å². The highest BCUT2D eigenvalue weighted by molar-refractivity contribution is 9.10. The van der Waals surface area contributed by atoms with E-state index in [9.17, 15) is 14.9 Å². The van der Waals surface area contributed by atoms with Crippen molar-refractivity contribution in [2.24, 2.45) is 0 Å². The minimum atomic E-state index is -0.434. The van der Waals surface area contributed by atoms with E-state index in [4.69, 9.17) is 0 Å². The number of carbonyl (C=O) groups excluding carboxylic acids is 1. The second-order valence-electron chi connectivity index (χ2n) is 5.35. The summed E-state index contributed by atoms with van der Waals surface area (Å²) >= 11 is 3.29. The number of nitro benzene ring substituents is 1. The lowest BCUT2D eigenvalue weighted by Crippen LogP contribution is -2.29. The van der Waals surface area contributed by atoms with Crippen molar-refractivity contribution < 1.29 is 9.72 Å². The van der Waals surface area contributed by atoms with E-state index in [1.54, 1.807) is 12.4 Å². The van der Waals surface area contributed by atoms with Crippen LogP contribution in [0.5, 0.6) is 0 Å². The molecule has 23 heavy (non-hydrogen) atoms. The molecule has 1 aromatic carbocycles. The molecule has 118 valence electrons. The molecule has 6 nitrogen and oxygen atoms in total. The van der Waals surface area contributed by atoms with Crippen LogP contribution in [0.2, 0.25) is 0 Å². The molecule has 0 saturated heterocycles. The normalized spacial score (nSPS) is 13.0. The predicted octanol–water partition coefficient (Wildman–Crippen LogP) is 3.27. The van der Waals surface area contributed by atoms with E-state index in [1.165, 1.54) is 11.0 Å². The summed E-state index contributed by atoms with van der Waals surface area (Å²) < 4.78 is 0.660. The maximum absolute atomic E-state index is 12.5. The molecule has 0 N–H and O–H groups in total. The van der Waals surface area contributed by atoms with Gasteiger partial charge in [0.1, 0.15) is 5.69 Å². The number of hydrogen-bond donors (Lipinski definition) is 0. The zero-order valence-electron chi connectivity index (χ0n) is 12.2. The molecular weight excluding hydrogens is 362 g/mol. The molecule has 0 atom stereocenters. The fourth-order valence-electron chi connectivity index (χ4n) is 2.81. The zero-order valence-corrected chi connectivity index (χ0v) is 13.8. The maximum atomic E-state index is 12.5. The van der Waals surface area contributed by atoms with Crippen LogP contribution in [0.4, 0.5) is 11.4 Å². The van der Waals surface area contributed by atoms with Crippen molar-refractivity contribution in [1.82, 2.24) is 4.98 Å². The molecular formula is C16H14BrN3O3. The third-order valence-electron chi connectivity index (χ3n) is 3.86. The molecule has 2 heterocycles. The summed E-state index contributed by atoms with van der Waals surface area (Å²) in [6, 6.07) is 7.04. The number of nitrogens with zero attached hydrogens (tertiary/aromatic N) is 3. The highest BCUT2D eigenvalue weighted by atomic mass is 79.9. The minimum Gasteiger partial charge on any atom is -0.306 e. The summed E-state index contributed by atoms with van der Waals surface area (Å²) in [5.41, 5.74) is 2.22. The molecule has 2 aromatic rings. The molecule has 3 rings (SSSR count). The Morgan fingerprint density at radius 2 is 2.26 bits per heavy atom. The number of carbonyl (C=O) groups is 1. The van der Waals surface area contributed by atoms with E-state index in [0.717, 1.165) is 11.1 Å². The Balaban J connectivity index is 1.81. The van der Waals surface area contributed by atoms with Gasteiger partial charge in [-0.1, -0.05) is 22.0 Å². The first-order valence-corrected chi connectivity index (χ1v) is 8.01. The van der Waals surface area contributed by atoms with Gasteiger partial charge in [-0.15, -0.1) is 0 Å². The number of amides is 1. The van der Waals surface area contributed by atoms with E-state index in [1.807, 2.05) is 18.2 Å². The van der Waals surface area contributed by atoms with Gasteiger partial charge in [-0.2, -0.15) is 0 Å². The van der Waals surface area contributed by atoms with E-state index in [0.29, 0.717) is 36.0 Å². The van der Waals surface area contributed by atoms with Crippen molar-refractivity contribution in [2.75, 3.05) is 11.4 Å². The van der Waals surface area contributed by atoms with Crippen LogP contribution in [0.1, 0.15) is 17.5 Å². The molecule has 1 aliphatic rings. The number of halogens is 1. The topological polar surface area (TPSA) is 76.3 Å². The number of fused-ring (bicyclic) bond motifs is 1. The van der Waals surface area contributed by atoms with Crippen molar-refractivity contribution in [2.45, 2.75) is 19.3 Å². The molecule has 1 aromatic heterocycles. The van der Waals surface area contributed by atoms with Crippen LogP contribution in [-0.4, -0.2) is 22.4 Å². The summed E-state index contributed by atoms with van der Waals surface area (Å²) in [6.45, 7) is 0.485. The van der Waals surface area contributed by atoms with Gasteiger partial charge in [-0.05, 0) is 36.1 Å². The molecule has 7 heteroatoms. The minimum absolute atomic E-state index is 0.0263. The van der Waals surface area contributed by atoms with Gasteiger partial charge < -0.3 is 4.90 Å². The molecule has 0 unspecified atom stereocenters. The number of hydrogen-bond acceptors (Lipinski definition) is 4. The van der Waals surface area contributed by atoms with E-state index in [2.05, 4.69) is 20.9 Å². The van der Waals surface area contributed by atoms with Gasteiger partial charge in [0.2, 0.25) is 5.91 Å². The van der Waals surface area contributed by atoms with Crippen LogP contribution in [0.25, 0.3) is 0 Å². The Hall–Kier alpha value is -2.28. The summed E-state index contributed by atoms with van der Waals surface area (Å²) in [4.78, 5) is 28.9. The number of rotatable bonds is 4. The standard InChI is InChI=1S/C16H14BrN3O3/c17-13-8-12-5-7-19(16(12)14(9-13)20(22)23)15(21)4-3-11-2-1-6-18-10-11/h1-2,6,8-10H,3-5,7H2. The zero-order chi connectivity index (χ0) is 16.4. The van der Waals surface area contributed by atoms with Gasteiger partial charge in [0.05, 0.1) is 4.92 Å². The number of aryl methyl sites for hydroxylation is 1. The summed E-state index contributed by atoms with van der Waals surface area (Å²) in [5, 5.41) is 11.3. The maximum Gasteiger partial charge on any atom is 0.294 e. The highest BCUT2D eigenvalue weighted by Crippen LogP contribution is 2.39. The molecule has 0 bridgehead atoms. The highest BCUT2D eigenvalue weighted by Gasteiger charge is 2.32. The average Bonchev–Trinajstić information content (AvgIpc) is 2.96. The van der Waals surface area contributed by atoms with Crippen LogP contribution in [0, 0.1) is 10.1 Å². The molecule has 0 fully saturated rings. The van der Waals surface area contributed by atoms with Crippen LogP contribution >= 0.6 is 15.9 Å². The van der Waals surface area contributed by atoms with Gasteiger partial charge in [-0.25, -0.2) is 0 Å². The lowest BCUT2D eigenvalue weighted by Gasteiger charge is -2.17. The van der Waals surface area contributed by atoms with Gasteiger partial charge >= 0.3 is 0 Å². The van der Waals surface area contributed by atoms with Crippen molar-refractivity contribution in [3.8, 4) is 0 Å². The Morgan fingerprint density at radius 1 is 1.43 bits per heavy atom. The van der Waals surface area contributed by atoms with Crippen LogP contribution < -0.4 is 4.90 Å². The Kier molecular flexibility index (Phi) is 4.38. The lowest BCUT2D eigenvalue weighted by atomic mass is 10.1. The smallest absolute Gasteiger partial charge is 0.294 e. The van der Waals surface area contributed by atoms with Crippen molar-refractivity contribution in [3.05, 3.63) is 62.4 Å². The second kappa shape index (κ2) is 6.45. The van der Waals surface area contributed by atoms with Crippen molar-refractivity contribution in [1.29, 1.82) is 0 Å². The third kappa shape index (κ3) is 3.24. The van der Waals surface area contributed by atoms with E-state index < -0.39 is 4.92 Å². The quantitative estimate of drug-likeness (QED) is 0.606. The summed E-state index contributed by atoms with van der Waals surface area (Å²) in [6.07, 6.45) is 4.92. The van der Waals surface area contributed by atoms with Crippen LogP contribution in [-0.2, 0) is 17.6 Å². The molecule has 0 aliphatic carbocycles. The SMILES string of the molecule is O=C(CCc1cccnc1)N1CCc2cc(Br)cc([N+](=O)[O-])c21. The monoisotopic (exact) mass is 375 g/mol. The molecule has 0 saturated carbocycles. The first-order chi connectivity index (χ1) is 11.1. The van der Waals surface area contributed by atoms with Gasteiger partial charge in [-0.3, -0.25) is 19.9 Å². The number of aromatic nitrogens is 1. The summed E-state index contributed by atoms with van der Waals surface area (Å²) in [5.74, 6) is -0.0991. The van der Waals surface area contributed by atoms with Gasteiger partial charge in [0.25, 0.3) is 5.69 Å². The van der Waals surface area contributed by atoms with Crippen molar-refractivity contribution in [3.63, 3.8) is 0 Å². The fourth-order valence-corrected chi connectivity index (χ4v) is 3.30. The Morgan fingerprint density at radius 3 is 2.96 bits per heavy atom. The van der Waals surface area contributed by atoms with Crippen LogP contribution in [0.15, 0.2) is 41.1 Å². The van der Waals surface area contributed by atoms with Crippen LogP contribution in [0.3, 0.4) is 0 Å². The molecule has 1 amide bonds. The fraction of sp³-hybridized carbons (Fsp3) is 0.250. The number of benzene rings is 1. The Labute approximate surface area is 141 Å². The number of nitro groups is 1. The lowest BCUT2D eigenvalue weighted by molar-refractivity contribution is -0.384. The van der Waals surface area contributed by atoms with E-state index in [-0.39, 0.29) is 11.6 Å². The van der Waals surface area contributed by atoms with Gasteiger partial charge in [0, 0.05) is 35.9 Å². The first kappa shape index (κ1) is 15.6. The second-order valence-corrected chi connectivity index (χ2v) is 6.26. The summed E-state index contributed by atoms with van der Waals surface area (Å²) in [7, 11) is 0. The number of anilines is 1. The molecule has 1 aliphatic heterocycles. The number of pyridine rings is 1. The average molecular weight is 376 g/mol. The predicted molar refractivity (Wildman–Crippen MR) is 89.4 cm³/mol. The molecule has 0 radical (unpaired) electrons. The van der Waals surface area contributed by atoms with Gasteiger partial charge in [0.15, 0.2) is 0 Å². The first-order valence-electron chi connectivity index (χ1n) is 7.22. The third-order valence-corrected chi connectivity index (χ3v) is 4.31. The Bertz CT molecular complexity index is 765. The largest absolute Gasteiger partial charge is 0.306 e.